The van der Waals surface area contributed by atoms with Gasteiger partial charge in [0.25, 0.3) is 5.91 Å². The van der Waals surface area contributed by atoms with E-state index >= 15 is 0 Å². The zero-order chi connectivity index (χ0) is 14.6. The average molecular weight is 304 g/mol. The maximum absolute atomic E-state index is 11.9. The molecule has 0 saturated carbocycles. The van der Waals surface area contributed by atoms with E-state index in [1.54, 1.807) is 13.8 Å². The summed E-state index contributed by atoms with van der Waals surface area (Å²) in [5, 5.41) is 5.55. The zero-order valence-corrected chi connectivity index (χ0v) is 12.1. The molecule has 1 aromatic rings. The summed E-state index contributed by atoms with van der Waals surface area (Å²) in [6, 6.07) is 2.16. The van der Waals surface area contributed by atoms with Crippen LogP contribution in [0.4, 0.5) is 5.69 Å². The number of amides is 2. The summed E-state index contributed by atoms with van der Waals surface area (Å²) in [6.45, 7) is 3.88. The minimum Gasteiger partial charge on any atom is -0.397 e. The Balaban J connectivity index is 2.82. The van der Waals surface area contributed by atoms with Crippen molar-refractivity contribution >= 4 is 40.7 Å². The molecule has 19 heavy (non-hydrogen) atoms. The van der Waals surface area contributed by atoms with Crippen LogP contribution in [0.3, 0.4) is 0 Å². The summed E-state index contributed by atoms with van der Waals surface area (Å²) in [6.07, 6.45) is 0. The highest BCUT2D eigenvalue weighted by Gasteiger charge is 2.17. The topological polar surface area (TPSA) is 84.2 Å². The number of anilines is 1. The SMILES string of the molecule is CCNC(=O)C(C)NC(=O)c1cc(N)c(Cl)c(Cl)c1. The number of nitrogen functional groups attached to an aromatic ring is 1. The number of likely N-dealkylation sites (N-methyl/N-ethyl adjacent to an activating group) is 1. The highest BCUT2D eigenvalue weighted by Crippen LogP contribution is 2.29. The van der Waals surface area contributed by atoms with Crippen molar-refractivity contribution in [3.05, 3.63) is 27.7 Å². The van der Waals surface area contributed by atoms with E-state index in [9.17, 15) is 9.59 Å². The number of rotatable bonds is 4. The van der Waals surface area contributed by atoms with Gasteiger partial charge >= 0.3 is 0 Å². The first-order chi connectivity index (χ1) is 8.86. The Bertz CT molecular complexity index is 483. The number of hydrogen-bond acceptors (Lipinski definition) is 3. The van der Waals surface area contributed by atoms with Gasteiger partial charge in [-0.15, -0.1) is 0 Å². The molecule has 0 fully saturated rings. The number of halogens is 2. The van der Waals surface area contributed by atoms with E-state index in [2.05, 4.69) is 10.6 Å². The third-order valence-electron chi connectivity index (χ3n) is 2.41. The maximum atomic E-state index is 11.9. The van der Waals surface area contributed by atoms with Gasteiger partial charge < -0.3 is 16.4 Å². The van der Waals surface area contributed by atoms with Gasteiger partial charge in [-0.05, 0) is 26.0 Å². The average Bonchev–Trinajstić information content (AvgIpc) is 2.35. The van der Waals surface area contributed by atoms with E-state index in [1.807, 2.05) is 0 Å². The number of nitrogens with two attached hydrogens (primary N) is 1. The van der Waals surface area contributed by atoms with E-state index in [0.29, 0.717) is 6.54 Å². The lowest BCUT2D eigenvalue weighted by molar-refractivity contribution is -0.122. The molecule has 0 heterocycles. The molecule has 104 valence electrons. The molecule has 1 unspecified atom stereocenters. The van der Waals surface area contributed by atoms with Crippen LogP contribution >= 0.6 is 23.2 Å². The highest BCUT2D eigenvalue weighted by atomic mass is 35.5. The Morgan fingerprint density at radius 3 is 2.53 bits per heavy atom. The Labute approximate surface area is 121 Å². The van der Waals surface area contributed by atoms with Crippen molar-refractivity contribution in [3.63, 3.8) is 0 Å². The van der Waals surface area contributed by atoms with Crippen LogP contribution in [0.5, 0.6) is 0 Å². The molecule has 0 aliphatic rings. The standard InChI is InChI=1S/C12H15Cl2N3O2/c1-3-16-11(18)6(2)17-12(19)7-4-8(13)10(14)9(15)5-7/h4-6H,3,15H2,1-2H3,(H,16,18)(H,17,19). The number of nitrogens with one attached hydrogen (secondary N) is 2. The van der Waals surface area contributed by atoms with Gasteiger partial charge in [0.15, 0.2) is 0 Å². The van der Waals surface area contributed by atoms with E-state index in [-0.39, 0.29) is 27.2 Å². The molecule has 0 aliphatic carbocycles. The minimum atomic E-state index is -0.650. The van der Waals surface area contributed by atoms with Crippen LogP contribution in [0, 0.1) is 0 Å². The fraction of sp³-hybridized carbons (Fsp3) is 0.333. The summed E-state index contributed by atoms with van der Waals surface area (Å²) in [7, 11) is 0. The van der Waals surface area contributed by atoms with Gasteiger partial charge in [-0.2, -0.15) is 0 Å². The molecule has 5 nitrogen and oxygen atoms in total. The van der Waals surface area contributed by atoms with Gasteiger partial charge in [0.1, 0.15) is 6.04 Å². The Hall–Kier alpha value is -1.46. The monoisotopic (exact) mass is 303 g/mol. The maximum Gasteiger partial charge on any atom is 0.252 e. The van der Waals surface area contributed by atoms with Crippen molar-refractivity contribution < 1.29 is 9.59 Å². The summed E-state index contributed by atoms with van der Waals surface area (Å²) in [4.78, 5) is 23.4. The van der Waals surface area contributed by atoms with Gasteiger partial charge in [0, 0.05) is 12.1 Å². The van der Waals surface area contributed by atoms with Crippen molar-refractivity contribution in [2.45, 2.75) is 19.9 Å². The summed E-state index contributed by atoms with van der Waals surface area (Å²) in [5.74, 6) is -0.701. The third kappa shape index (κ3) is 4.01. The van der Waals surface area contributed by atoms with Crippen LogP contribution in [0.1, 0.15) is 24.2 Å². The fourth-order valence-electron chi connectivity index (χ4n) is 1.41. The summed E-state index contributed by atoms with van der Waals surface area (Å²) >= 11 is 11.6. The highest BCUT2D eigenvalue weighted by molar-refractivity contribution is 6.43. The van der Waals surface area contributed by atoms with Crippen LogP contribution in [-0.4, -0.2) is 24.4 Å². The second-order valence-electron chi connectivity index (χ2n) is 3.95. The van der Waals surface area contributed by atoms with Crippen LogP contribution in [-0.2, 0) is 4.79 Å². The van der Waals surface area contributed by atoms with E-state index in [4.69, 9.17) is 28.9 Å². The molecule has 2 amide bonds. The second kappa shape index (κ2) is 6.63. The molecule has 1 aromatic carbocycles. The summed E-state index contributed by atoms with van der Waals surface area (Å²) in [5.41, 5.74) is 6.09. The fourth-order valence-corrected chi connectivity index (χ4v) is 1.75. The molecule has 0 spiro atoms. The Morgan fingerprint density at radius 1 is 1.37 bits per heavy atom. The van der Waals surface area contributed by atoms with Gasteiger partial charge in [-0.25, -0.2) is 0 Å². The van der Waals surface area contributed by atoms with Crippen molar-refractivity contribution in [1.29, 1.82) is 0 Å². The molecule has 1 atom stereocenters. The molecule has 4 N–H and O–H groups in total. The predicted octanol–water partition coefficient (Wildman–Crippen LogP) is 1.83. The first kappa shape index (κ1) is 15.6. The molecule has 0 saturated heterocycles. The number of benzene rings is 1. The van der Waals surface area contributed by atoms with E-state index in [0.717, 1.165) is 0 Å². The first-order valence-corrected chi connectivity index (χ1v) is 6.45. The molecule has 7 heteroatoms. The Kier molecular flexibility index (Phi) is 5.44. The number of carbonyl (C=O) groups is 2. The molecular formula is C12H15Cl2N3O2. The largest absolute Gasteiger partial charge is 0.397 e. The van der Waals surface area contributed by atoms with Crippen molar-refractivity contribution in [2.24, 2.45) is 0 Å². The van der Waals surface area contributed by atoms with Crippen LogP contribution in [0.15, 0.2) is 12.1 Å². The lowest BCUT2D eigenvalue weighted by atomic mass is 10.1. The third-order valence-corrected chi connectivity index (χ3v) is 3.23. The normalized spacial score (nSPS) is 11.8. The van der Waals surface area contributed by atoms with Gasteiger partial charge in [0.05, 0.1) is 15.7 Å². The molecule has 1 rings (SSSR count). The molecular weight excluding hydrogens is 289 g/mol. The van der Waals surface area contributed by atoms with Crippen LogP contribution in [0.25, 0.3) is 0 Å². The van der Waals surface area contributed by atoms with Gasteiger partial charge in [-0.1, -0.05) is 23.2 Å². The lowest BCUT2D eigenvalue weighted by Crippen LogP contribution is -2.44. The molecule has 0 radical (unpaired) electrons. The van der Waals surface area contributed by atoms with E-state index < -0.39 is 11.9 Å². The van der Waals surface area contributed by atoms with Crippen molar-refractivity contribution in [3.8, 4) is 0 Å². The smallest absolute Gasteiger partial charge is 0.252 e. The lowest BCUT2D eigenvalue weighted by Gasteiger charge is -2.14. The van der Waals surface area contributed by atoms with Gasteiger partial charge in [0.2, 0.25) is 5.91 Å². The first-order valence-electron chi connectivity index (χ1n) is 5.69. The van der Waals surface area contributed by atoms with Crippen molar-refractivity contribution in [1.82, 2.24) is 10.6 Å². The number of hydrogen-bond donors (Lipinski definition) is 3. The summed E-state index contributed by atoms with van der Waals surface area (Å²) < 4.78 is 0. The second-order valence-corrected chi connectivity index (χ2v) is 4.74. The van der Waals surface area contributed by atoms with Crippen LogP contribution < -0.4 is 16.4 Å². The number of carbonyl (C=O) groups excluding carboxylic acids is 2. The quantitative estimate of drug-likeness (QED) is 0.742. The van der Waals surface area contributed by atoms with Gasteiger partial charge in [-0.3, -0.25) is 9.59 Å². The predicted molar refractivity (Wildman–Crippen MR) is 76.5 cm³/mol. The molecule has 0 aliphatic heterocycles. The molecule has 0 aromatic heterocycles. The minimum absolute atomic E-state index is 0.192. The van der Waals surface area contributed by atoms with Crippen LogP contribution in [0.2, 0.25) is 10.0 Å². The van der Waals surface area contributed by atoms with Crippen molar-refractivity contribution in [2.75, 3.05) is 12.3 Å². The zero-order valence-electron chi connectivity index (χ0n) is 10.6. The Morgan fingerprint density at radius 2 is 2.00 bits per heavy atom. The van der Waals surface area contributed by atoms with E-state index in [1.165, 1.54) is 12.1 Å². The molecule has 0 bridgehead atoms.